The van der Waals surface area contributed by atoms with Crippen LogP contribution in [0.2, 0.25) is 0 Å². The lowest BCUT2D eigenvalue weighted by Crippen LogP contribution is -2.36. The maximum absolute atomic E-state index is 12.2. The summed E-state index contributed by atoms with van der Waals surface area (Å²) in [4.78, 5) is 29.2. The molecule has 116 valence electrons. The number of amides is 2. The zero-order valence-electron chi connectivity index (χ0n) is 12.7. The molecule has 1 aromatic carbocycles. The van der Waals surface area contributed by atoms with Crippen LogP contribution in [0, 0.1) is 11.3 Å². The fourth-order valence-corrected chi connectivity index (χ4v) is 2.04. The van der Waals surface area contributed by atoms with E-state index in [0.717, 1.165) is 5.56 Å². The molecule has 1 N–H and O–H groups in total. The molecule has 0 aliphatic carbocycles. The van der Waals surface area contributed by atoms with Crippen LogP contribution < -0.4 is 5.32 Å². The number of hydrogen-bond donors (Lipinski definition) is 1. The molecule has 0 saturated heterocycles. The van der Waals surface area contributed by atoms with Gasteiger partial charge in [-0.25, -0.2) is 0 Å². The lowest BCUT2D eigenvalue weighted by Gasteiger charge is -2.20. The Morgan fingerprint density at radius 3 is 2.57 bits per heavy atom. The molecule has 1 heterocycles. The van der Waals surface area contributed by atoms with Crippen molar-refractivity contribution in [2.45, 2.75) is 13.5 Å². The largest absolute Gasteiger partial charge is 0.329 e. The first kappa shape index (κ1) is 16.2. The number of anilines is 1. The number of carbonyl (C=O) groups excluding carboxylic acids is 2. The van der Waals surface area contributed by atoms with Gasteiger partial charge in [0.25, 0.3) is 0 Å². The highest BCUT2D eigenvalue weighted by molar-refractivity contribution is 5.95. The minimum atomic E-state index is -0.350. The van der Waals surface area contributed by atoms with Gasteiger partial charge >= 0.3 is 0 Å². The number of rotatable bonds is 5. The van der Waals surface area contributed by atoms with Gasteiger partial charge in [0.05, 0.1) is 11.3 Å². The van der Waals surface area contributed by atoms with Crippen molar-refractivity contribution in [1.82, 2.24) is 9.88 Å². The molecule has 1 aromatic heterocycles. The normalized spacial score (nSPS) is 9.74. The summed E-state index contributed by atoms with van der Waals surface area (Å²) >= 11 is 0. The number of carbonyl (C=O) groups is 2. The monoisotopic (exact) mass is 308 g/mol. The zero-order chi connectivity index (χ0) is 16.7. The van der Waals surface area contributed by atoms with Crippen molar-refractivity contribution in [3.63, 3.8) is 0 Å². The van der Waals surface area contributed by atoms with Crippen LogP contribution in [-0.4, -0.2) is 28.2 Å². The number of para-hydroxylation sites is 1. The Balaban J connectivity index is 2.04. The van der Waals surface area contributed by atoms with Crippen molar-refractivity contribution in [3.05, 3.63) is 59.9 Å². The molecular weight excluding hydrogens is 292 g/mol. The van der Waals surface area contributed by atoms with Gasteiger partial charge in [-0.2, -0.15) is 5.26 Å². The van der Waals surface area contributed by atoms with Crippen LogP contribution >= 0.6 is 0 Å². The number of nitriles is 1. The molecule has 2 rings (SSSR count). The molecule has 6 heteroatoms. The van der Waals surface area contributed by atoms with E-state index in [4.69, 9.17) is 5.26 Å². The molecule has 0 unspecified atom stereocenters. The quantitative estimate of drug-likeness (QED) is 0.914. The summed E-state index contributed by atoms with van der Waals surface area (Å²) in [6, 6.07) is 12.3. The Morgan fingerprint density at radius 1 is 1.22 bits per heavy atom. The van der Waals surface area contributed by atoms with Crippen LogP contribution in [0.15, 0.2) is 48.8 Å². The van der Waals surface area contributed by atoms with E-state index in [9.17, 15) is 9.59 Å². The predicted molar refractivity (Wildman–Crippen MR) is 85.1 cm³/mol. The summed E-state index contributed by atoms with van der Waals surface area (Å²) in [6.45, 7) is 1.65. The van der Waals surface area contributed by atoms with Gasteiger partial charge in [-0.05, 0) is 29.8 Å². The molecule has 2 aromatic rings. The second-order valence-electron chi connectivity index (χ2n) is 4.94. The van der Waals surface area contributed by atoms with Crippen molar-refractivity contribution in [2.75, 3.05) is 11.9 Å². The molecular formula is C17H16N4O2. The third-order valence-electron chi connectivity index (χ3n) is 3.22. The van der Waals surface area contributed by atoms with Crippen molar-refractivity contribution in [2.24, 2.45) is 0 Å². The fourth-order valence-electron chi connectivity index (χ4n) is 2.04. The van der Waals surface area contributed by atoms with Crippen LogP contribution in [0.3, 0.4) is 0 Å². The van der Waals surface area contributed by atoms with Crippen LogP contribution in [0.25, 0.3) is 0 Å². The Morgan fingerprint density at radius 2 is 1.91 bits per heavy atom. The summed E-state index contributed by atoms with van der Waals surface area (Å²) in [7, 11) is 0. The molecule has 0 aliphatic rings. The fraction of sp³-hybridized carbons (Fsp3) is 0.176. The number of aromatic nitrogens is 1. The van der Waals surface area contributed by atoms with E-state index in [1.165, 1.54) is 11.8 Å². The molecule has 0 radical (unpaired) electrons. The Kier molecular flexibility index (Phi) is 5.42. The van der Waals surface area contributed by atoms with Gasteiger partial charge in [-0.1, -0.05) is 12.1 Å². The van der Waals surface area contributed by atoms with E-state index in [-0.39, 0.29) is 18.4 Å². The van der Waals surface area contributed by atoms with Crippen LogP contribution in [-0.2, 0) is 16.1 Å². The molecule has 0 fully saturated rings. The first-order valence-electron chi connectivity index (χ1n) is 7.03. The Labute approximate surface area is 134 Å². The molecule has 0 bridgehead atoms. The summed E-state index contributed by atoms with van der Waals surface area (Å²) < 4.78 is 0. The molecule has 23 heavy (non-hydrogen) atoms. The van der Waals surface area contributed by atoms with E-state index in [1.54, 1.807) is 48.8 Å². The molecule has 0 atom stereocenters. The maximum Gasteiger partial charge on any atom is 0.244 e. The molecule has 0 saturated carbocycles. The van der Waals surface area contributed by atoms with E-state index in [1.807, 2.05) is 6.07 Å². The third-order valence-corrected chi connectivity index (χ3v) is 3.22. The van der Waals surface area contributed by atoms with Gasteiger partial charge in [0, 0.05) is 25.9 Å². The molecule has 6 nitrogen and oxygen atoms in total. The van der Waals surface area contributed by atoms with E-state index >= 15 is 0 Å². The standard InChI is InChI=1S/C17H16N4O2/c1-13(22)21(11-14-6-8-19-9-7-14)12-17(23)20-16-5-3-2-4-15(16)10-18/h2-9H,11-12H2,1H3,(H,20,23). The Hall–Kier alpha value is -3.20. The van der Waals surface area contributed by atoms with Gasteiger partial charge in [0.2, 0.25) is 11.8 Å². The summed E-state index contributed by atoms with van der Waals surface area (Å²) in [5, 5.41) is 11.7. The highest BCUT2D eigenvalue weighted by Crippen LogP contribution is 2.13. The number of pyridine rings is 1. The lowest BCUT2D eigenvalue weighted by molar-refractivity contribution is -0.133. The first-order chi connectivity index (χ1) is 11.1. The average Bonchev–Trinajstić information content (AvgIpc) is 2.55. The number of nitrogens with zero attached hydrogens (tertiary/aromatic N) is 3. The van der Waals surface area contributed by atoms with Crippen LogP contribution in [0.1, 0.15) is 18.1 Å². The maximum atomic E-state index is 12.2. The van der Waals surface area contributed by atoms with Crippen molar-refractivity contribution in [3.8, 4) is 6.07 Å². The van der Waals surface area contributed by atoms with Gasteiger partial charge in [-0.3, -0.25) is 14.6 Å². The number of hydrogen-bond acceptors (Lipinski definition) is 4. The van der Waals surface area contributed by atoms with Gasteiger partial charge in [0.15, 0.2) is 0 Å². The van der Waals surface area contributed by atoms with Gasteiger partial charge < -0.3 is 10.2 Å². The van der Waals surface area contributed by atoms with E-state index < -0.39 is 0 Å². The lowest BCUT2D eigenvalue weighted by atomic mass is 10.2. The molecule has 0 aliphatic heterocycles. The highest BCUT2D eigenvalue weighted by atomic mass is 16.2. The number of benzene rings is 1. The average molecular weight is 308 g/mol. The predicted octanol–water partition coefficient (Wildman–Crippen LogP) is 1.94. The number of nitrogens with one attached hydrogen (secondary N) is 1. The summed E-state index contributed by atoms with van der Waals surface area (Å²) in [5.74, 6) is -0.553. The Bertz CT molecular complexity index is 738. The van der Waals surface area contributed by atoms with Crippen LogP contribution in [0.4, 0.5) is 5.69 Å². The minimum absolute atomic E-state index is 0.0859. The highest BCUT2D eigenvalue weighted by Gasteiger charge is 2.15. The summed E-state index contributed by atoms with van der Waals surface area (Å²) in [6.07, 6.45) is 3.27. The van der Waals surface area contributed by atoms with Gasteiger partial charge in [0.1, 0.15) is 12.6 Å². The zero-order valence-corrected chi connectivity index (χ0v) is 12.7. The second kappa shape index (κ2) is 7.71. The molecule has 2 amide bonds. The van der Waals surface area contributed by atoms with Crippen LogP contribution in [0.5, 0.6) is 0 Å². The third kappa shape index (κ3) is 4.64. The second-order valence-corrected chi connectivity index (χ2v) is 4.94. The first-order valence-corrected chi connectivity index (χ1v) is 7.03. The summed E-state index contributed by atoms with van der Waals surface area (Å²) in [5.41, 5.74) is 1.71. The van der Waals surface area contributed by atoms with E-state index in [0.29, 0.717) is 17.8 Å². The van der Waals surface area contributed by atoms with Gasteiger partial charge in [-0.15, -0.1) is 0 Å². The topological polar surface area (TPSA) is 86.1 Å². The van der Waals surface area contributed by atoms with Crippen molar-refractivity contribution >= 4 is 17.5 Å². The van der Waals surface area contributed by atoms with Crippen molar-refractivity contribution < 1.29 is 9.59 Å². The van der Waals surface area contributed by atoms with Crippen molar-refractivity contribution in [1.29, 1.82) is 5.26 Å². The minimum Gasteiger partial charge on any atom is -0.329 e. The van der Waals surface area contributed by atoms with E-state index in [2.05, 4.69) is 10.3 Å². The smallest absolute Gasteiger partial charge is 0.244 e. The SMILES string of the molecule is CC(=O)N(CC(=O)Nc1ccccc1C#N)Cc1ccncc1. The molecule has 0 spiro atoms.